The summed E-state index contributed by atoms with van der Waals surface area (Å²) in [5, 5.41) is 3.40. The molecule has 0 amide bonds. The number of hydrogen-bond acceptors (Lipinski definition) is 4. The molecule has 1 N–H and O–H groups in total. The van der Waals surface area contributed by atoms with Crippen molar-refractivity contribution < 1.29 is 8.42 Å². The molecule has 1 aromatic carbocycles. The van der Waals surface area contributed by atoms with Crippen molar-refractivity contribution in [2.45, 2.75) is 17.9 Å². The van der Waals surface area contributed by atoms with Gasteiger partial charge in [0.15, 0.2) is 9.84 Å². The van der Waals surface area contributed by atoms with Gasteiger partial charge in [-0.05, 0) is 52.3 Å². The topological polar surface area (TPSA) is 46.2 Å². The van der Waals surface area contributed by atoms with Crippen LogP contribution in [0.5, 0.6) is 0 Å². The molecule has 20 heavy (non-hydrogen) atoms. The molecule has 1 heterocycles. The predicted octanol–water partition coefficient (Wildman–Crippen LogP) is 3.61. The SMILES string of the molecule is CCNC(c1cccc(S(C)(=O)=O)c1)c1ccc(Br)s1. The van der Waals surface area contributed by atoms with Crippen LogP contribution >= 0.6 is 27.3 Å². The molecule has 0 radical (unpaired) electrons. The van der Waals surface area contributed by atoms with Crippen LogP contribution in [0.4, 0.5) is 0 Å². The molecule has 108 valence electrons. The fourth-order valence-electron chi connectivity index (χ4n) is 2.00. The molecule has 0 saturated heterocycles. The van der Waals surface area contributed by atoms with Crippen molar-refractivity contribution in [2.24, 2.45) is 0 Å². The second kappa shape index (κ2) is 6.39. The zero-order valence-electron chi connectivity index (χ0n) is 11.3. The number of hydrogen-bond donors (Lipinski definition) is 1. The van der Waals surface area contributed by atoms with Gasteiger partial charge in [0.25, 0.3) is 0 Å². The maximum absolute atomic E-state index is 11.7. The van der Waals surface area contributed by atoms with Crippen molar-refractivity contribution in [3.05, 3.63) is 50.6 Å². The summed E-state index contributed by atoms with van der Waals surface area (Å²) in [7, 11) is -3.18. The highest BCUT2D eigenvalue weighted by Gasteiger charge is 2.17. The Labute approximate surface area is 132 Å². The summed E-state index contributed by atoms with van der Waals surface area (Å²) in [6, 6.07) is 11.2. The molecule has 0 aliphatic carbocycles. The molecular weight excluding hydrogens is 358 g/mol. The molecule has 0 bridgehead atoms. The van der Waals surface area contributed by atoms with Crippen LogP contribution in [0.15, 0.2) is 45.1 Å². The van der Waals surface area contributed by atoms with Gasteiger partial charge >= 0.3 is 0 Å². The lowest BCUT2D eigenvalue weighted by Crippen LogP contribution is -2.21. The minimum Gasteiger partial charge on any atom is -0.306 e. The van der Waals surface area contributed by atoms with Crippen LogP contribution < -0.4 is 5.32 Å². The molecule has 2 rings (SSSR count). The Kier molecular flexibility index (Phi) is 5.01. The van der Waals surface area contributed by atoms with Crippen LogP contribution in [0.25, 0.3) is 0 Å². The summed E-state index contributed by atoms with van der Waals surface area (Å²) in [6.07, 6.45) is 1.23. The number of thiophene rings is 1. The van der Waals surface area contributed by atoms with Crippen molar-refractivity contribution >= 4 is 37.1 Å². The van der Waals surface area contributed by atoms with E-state index in [2.05, 4.69) is 27.3 Å². The molecule has 1 aromatic heterocycles. The smallest absolute Gasteiger partial charge is 0.175 e. The molecule has 0 aliphatic rings. The van der Waals surface area contributed by atoms with Crippen molar-refractivity contribution in [1.82, 2.24) is 5.32 Å². The van der Waals surface area contributed by atoms with Gasteiger partial charge in [-0.25, -0.2) is 8.42 Å². The summed E-state index contributed by atoms with van der Waals surface area (Å²) in [4.78, 5) is 1.51. The molecule has 0 spiro atoms. The Morgan fingerprint density at radius 1 is 1.30 bits per heavy atom. The first-order valence-electron chi connectivity index (χ1n) is 6.20. The third-order valence-electron chi connectivity index (χ3n) is 2.91. The summed E-state index contributed by atoms with van der Waals surface area (Å²) in [6.45, 7) is 2.85. The van der Waals surface area contributed by atoms with Gasteiger partial charge in [0.05, 0.1) is 14.7 Å². The number of nitrogens with one attached hydrogen (secondary N) is 1. The van der Waals surface area contributed by atoms with E-state index in [1.54, 1.807) is 29.5 Å². The van der Waals surface area contributed by atoms with E-state index >= 15 is 0 Å². The molecule has 1 atom stereocenters. The van der Waals surface area contributed by atoms with Crippen LogP contribution in [0.2, 0.25) is 0 Å². The third kappa shape index (κ3) is 3.69. The number of sulfone groups is 1. The van der Waals surface area contributed by atoms with Crippen molar-refractivity contribution in [3.8, 4) is 0 Å². The highest BCUT2D eigenvalue weighted by molar-refractivity contribution is 9.11. The zero-order chi connectivity index (χ0) is 14.8. The van der Waals surface area contributed by atoms with Crippen molar-refractivity contribution in [1.29, 1.82) is 0 Å². The fourth-order valence-corrected chi connectivity index (χ4v) is 4.20. The second-order valence-corrected chi connectivity index (χ2v) is 8.99. The third-order valence-corrected chi connectivity index (χ3v) is 5.71. The first-order chi connectivity index (χ1) is 9.41. The molecule has 0 fully saturated rings. The van der Waals surface area contributed by atoms with Gasteiger partial charge in [-0.3, -0.25) is 0 Å². The van der Waals surface area contributed by atoms with Crippen LogP contribution in [0, 0.1) is 0 Å². The van der Waals surface area contributed by atoms with Crippen LogP contribution in [-0.4, -0.2) is 21.2 Å². The van der Waals surface area contributed by atoms with E-state index in [9.17, 15) is 8.42 Å². The van der Waals surface area contributed by atoms with Gasteiger partial charge in [0.2, 0.25) is 0 Å². The normalized spacial score (nSPS) is 13.3. The van der Waals surface area contributed by atoms with Gasteiger partial charge in [0, 0.05) is 11.1 Å². The first-order valence-corrected chi connectivity index (χ1v) is 9.70. The largest absolute Gasteiger partial charge is 0.306 e. The highest BCUT2D eigenvalue weighted by atomic mass is 79.9. The molecule has 0 aliphatic heterocycles. The van der Waals surface area contributed by atoms with E-state index in [1.807, 2.05) is 19.1 Å². The van der Waals surface area contributed by atoms with Crippen LogP contribution in [-0.2, 0) is 9.84 Å². The van der Waals surface area contributed by atoms with E-state index < -0.39 is 9.84 Å². The lowest BCUT2D eigenvalue weighted by Gasteiger charge is -2.17. The van der Waals surface area contributed by atoms with Gasteiger partial charge in [0.1, 0.15) is 0 Å². The standard InChI is InChI=1S/C14H16BrNO2S2/c1-3-16-14(12-7-8-13(15)19-12)10-5-4-6-11(9-10)20(2,17)18/h4-9,14,16H,3H2,1-2H3. The molecule has 1 unspecified atom stereocenters. The Balaban J connectivity index is 2.45. The maximum Gasteiger partial charge on any atom is 0.175 e. The summed E-state index contributed by atoms with van der Waals surface area (Å²) >= 11 is 5.11. The van der Waals surface area contributed by atoms with Crippen LogP contribution in [0.1, 0.15) is 23.4 Å². The minimum atomic E-state index is -3.18. The van der Waals surface area contributed by atoms with Gasteiger partial charge < -0.3 is 5.32 Å². The van der Waals surface area contributed by atoms with E-state index in [0.29, 0.717) is 4.90 Å². The summed E-state index contributed by atoms with van der Waals surface area (Å²) in [5.41, 5.74) is 0.962. The van der Waals surface area contributed by atoms with E-state index in [4.69, 9.17) is 0 Å². The maximum atomic E-state index is 11.7. The number of benzene rings is 1. The van der Waals surface area contributed by atoms with E-state index in [0.717, 1.165) is 20.8 Å². The lowest BCUT2D eigenvalue weighted by molar-refractivity contribution is 0.600. The van der Waals surface area contributed by atoms with Gasteiger partial charge in [-0.1, -0.05) is 19.1 Å². The fraction of sp³-hybridized carbons (Fsp3) is 0.286. The van der Waals surface area contributed by atoms with Crippen LogP contribution in [0.3, 0.4) is 0 Å². The molecule has 6 heteroatoms. The predicted molar refractivity (Wildman–Crippen MR) is 87.1 cm³/mol. The Hall–Kier alpha value is -0.690. The van der Waals surface area contributed by atoms with E-state index in [1.165, 1.54) is 6.26 Å². The Morgan fingerprint density at radius 3 is 2.60 bits per heavy atom. The second-order valence-electron chi connectivity index (χ2n) is 4.48. The molecule has 3 nitrogen and oxygen atoms in total. The Morgan fingerprint density at radius 2 is 2.05 bits per heavy atom. The first kappa shape index (κ1) is 15.7. The number of rotatable bonds is 5. The average Bonchev–Trinajstić information content (AvgIpc) is 2.81. The quantitative estimate of drug-likeness (QED) is 0.870. The van der Waals surface area contributed by atoms with E-state index in [-0.39, 0.29) is 6.04 Å². The van der Waals surface area contributed by atoms with Crippen molar-refractivity contribution in [3.63, 3.8) is 0 Å². The average molecular weight is 374 g/mol. The monoisotopic (exact) mass is 373 g/mol. The van der Waals surface area contributed by atoms with Gasteiger partial charge in [-0.15, -0.1) is 11.3 Å². The minimum absolute atomic E-state index is 0.0120. The highest BCUT2D eigenvalue weighted by Crippen LogP contribution is 2.32. The lowest BCUT2D eigenvalue weighted by atomic mass is 10.1. The molecule has 2 aromatic rings. The molecular formula is C14H16BrNO2S2. The molecule has 0 saturated carbocycles. The summed E-state index contributed by atoms with van der Waals surface area (Å²) < 4.78 is 24.4. The van der Waals surface area contributed by atoms with Gasteiger partial charge in [-0.2, -0.15) is 0 Å². The number of halogens is 1. The zero-order valence-corrected chi connectivity index (χ0v) is 14.5. The Bertz CT molecular complexity index is 695. The summed E-state index contributed by atoms with van der Waals surface area (Å²) in [5.74, 6) is 0. The van der Waals surface area contributed by atoms with Crippen molar-refractivity contribution in [2.75, 3.05) is 12.8 Å².